The third kappa shape index (κ3) is 4.83. The van der Waals surface area contributed by atoms with E-state index in [1.807, 2.05) is 49.4 Å². The summed E-state index contributed by atoms with van der Waals surface area (Å²) in [5.41, 5.74) is 2.25. The highest BCUT2D eigenvalue weighted by atomic mass is 16.5. The Bertz CT molecular complexity index is 698. The van der Waals surface area contributed by atoms with Crippen LogP contribution in [0, 0.1) is 0 Å². The summed E-state index contributed by atoms with van der Waals surface area (Å²) in [7, 11) is 1.65. The van der Waals surface area contributed by atoms with Crippen molar-refractivity contribution in [2.45, 2.75) is 38.4 Å². The summed E-state index contributed by atoms with van der Waals surface area (Å²) < 4.78 is 5.39. The number of benzene rings is 2. The molecule has 0 heterocycles. The Morgan fingerprint density at radius 3 is 2.52 bits per heavy atom. The molecule has 0 saturated heterocycles. The molecule has 1 atom stereocenters. The summed E-state index contributed by atoms with van der Waals surface area (Å²) >= 11 is 0. The summed E-state index contributed by atoms with van der Waals surface area (Å²) in [6, 6.07) is 18.6. The van der Waals surface area contributed by atoms with Crippen LogP contribution in [-0.2, 0) is 11.3 Å². The number of hydrogen-bond donors (Lipinski definition) is 1. The van der Waals surface area contributed by atoms with E-state index in [0.717, 1.165) is 17.9 Å². The first-order valence-corrected chi connectivity index (χ1v) is 8.87. The van der Waals surface area contributed by atoms with Gasteiger partial charge in [0.1, 0.15) is 5.75 Å². The van der Waals surface area contributed by atoms with E-state index in [-0.39, 0.29) is 11.9 Å². The summed E-state index contributed by atoms with van der Waals surface area (Å²) in [5.74, 6) is 0.861. The number of nitrogens with zero attached hydrogens (tertiary/aromatic N) is 1. The number of para-hydroxylation sites is 1. The Labute approximate surface area is 149 Å². The van der Waals surface area contributed by atoms with Crippen molar-refractivity contribution < 1.29 is 9.53 Å². The van der Waals surface area contributed by atoms with Gasteiger partial charge in [-0.05, 0) is 31.4 Å². The van der Waals surface area contributed by atoms with Crippen LogP contribution >= 0.6 is 0 Å². The fourth-order valence-corrected chi connectivity index (χ4v) is 3.15. The summed E-state index contributed by atoms with van der Waals surface area (Å²) in [5, 5.41) is 3.11. The van der Waals surface area contributed by atoms with Gasteiger partial charge in [0.2, 0.25) is 5.91 Å². The largest absolute Gasteiger partial charge is 0.496 e. The van der Waals surface area contributed by atoms with Crippen LogP contribution in [0.5, 0.6) is 5.75 Å². The van der Waals surface area contributed by atoms with Gasteiger partial charge in [-0.25, -0.2) is 0 Å². The van der Waals surface area contributed by atoms with Crippen molar-refractivity contribution in [3.05, 3.63) is 65.7 Å². The highest BCUT2D eigenvalue weighted by molar-refractivity contribution is 5.78. The molecule has 4 heteroatoms. The molecule has 1 unspecified atom stereocenters. The zero-order chi connectivity index (χ0) is 17.6. The van der Waals surface area contributed by atoms with Crippen molar-refractivity contribution in [1.29, 1.82) is 0 Å². The molecule has 1 aliphatic rings. The fourth-order valence-electron chi connectivity index (χ4n) is 3.15. The van der Waals surface area contributed by atoms with Crippen LogP contribution < -0.4 is 10.1 Å². The van der Waals surface area contributed by atoms with Gasteiger partial charge in [0.05, 0.1) is 19.7 Å². The minimum atomic E-state index is -0.0820. The highest BCUT2D eigenvalue weighted by Crippen LogP contribution is 2.28. The second kappa shape index (κ2) is 8.17. The molecule has 0 radical (unpaired) electrons. The summed E-state index contributed by atoms with van der Waals surface area (Å²) in [6.07, 6.45) is 2.37. The molecule has 4 nitrogen and oxygen atoms in total. The SMILES string of the molecule is COc1ccccc1C(C)NC(=O)CN(Cc1ccccc1)C1CC1. The molecule has 1 fully saturated rings. The molecule has 0 bridgehead atoms. The topological polar surface area (TPSA) is 41.6 Å². The van der Waals surface area contributed by atoms with E-state index in [9.17, 15) is 4.79 Å². The summed E-state index contributed by atoms with van der Waals surface area (Å²) in [4.78, 5) is 14.8. The molecular weight excluding hydrogens is 312 g/mol. The molecule has 1 N–H and O–H groups in total. The number of ether oxygens (including phenoxy) is 1. The Kier molecular flexibility index (Phi) is 5.71. The molecule has 0 aliphatic heterocycles. The minimum Gasteiger partial charge on any atom is -0.496 e. The quantitative estimate of drug-likeness (QED) is 0.800. The van der Waals surface area contributed by atoms with Crippen LogP contribution in [0.1, 0.15) is 36.9 Å². The van der Waals surface area contributed by atoms with E-state index in [1.165, 1.54) is 18.4 Å². The summed E-state index contributed by atoms with van der Waals surface area (Å²) in [6.45, 7) is 3.25. The van der Waals surface area contributed by atoms with Crippen LogP contribution in [0.3, 0.4) is 0 Å². The van der Waals surface area contributed by atoms with Crippen LogP contribution in [0.4, 0.5) is 0 Å². The van der Waals surface area contributed by atoms with Crippen molar-refractivity contribution >= 4 is 5.91 Å². The Hall–Kier alpha value is -2.33. The van der Waals surface area contributed by atoms with E-state index in [2.05, 4.69) is 22.3 Å². The lowest BCUT2D eigenvalue weighted by Crippen LogP contribution is -2.39. The minimum absolute atomic E-state index is 0.0567. The first-order chi connectivity index (χ1) is 12.2. The molecule has 2 aromatic rings. The van der Waals surface area contributed by atoms with Gasteiger partial charge >= 0.3 is 0 Å². The number of nitrogens with one attached hydrogen (secondary N) is 1. The standard InChI is InChI=1S/C21H26N2O2/c1-16(19-10-6-7-11-20(19)25-2)22-21(24)15-23(18-12-13-18)14-17-8-4-3-5-9-17/h3-11,16,18H,12-15H2,1-2H3,(H,22,24). The van der Waals surface area contributed by atoms with Gasteiger partial charge in [-0.2, -0.15) is 0 Å². The van der Waals surface area contributed by atoms with E-state index in [1.54, 1.807) is 7.11 Å². The maximum atomic E-state index is 12.6. The number of amides is 1. The van der Waals surface area contributed by atoms with Crippen molar-refractivity contribution in [2.24, 2.45) is 0 Å². The van der Waals surface area contributed by atoms with E-state index < -0.39 is 0 Å². The van der Waals surface area contributed by atoms with Crippen LogP contribution in [0.15, 0.2) is 54.6 Å². The molecular formula is C21H26N2O2. The highest BCUT2D eigenvalue weighted by Gasteiger charge is 2.30. The Morgan fingerprint density at radius 2 is 1.84 bits per heavy atom. The predicted molar refractivity (Wildman–Crippen MR) is 99.4 cm³/mol. The van der Waals surface area contributed by atoms with Crippen molar-refractivity contribution in [3.8, 4) is 5.75 Å². The number of methoxy groups -OCH3 is 1. The van der Waals surface area contributed by atoms with Crippen LogP contribution in [0.25, 0.3) is 0 Å². The van der Waals surface area contributed by atoms with Crippen molar-refractivity contribution in [3.63, 3.8) is 0 Å². The zero-order valence-corrected chi connectivity index (χ0v) is 14.9. The van der Waals surface area contributed by atoms with Crippen molar-refractivity contribution in [1.82, 2.24) is 10.2 Å². The second-order valence-corrected chi connectivity index (χ2v) is 6.65. The smallest absolute Gasteiger partial charge is 0.234 e. The third-order valence-electron chi connectivity index (χ3n) is 4.62. The normalized spacial score (nSPS) is 15.0. The molecule has 1 aliphatic carbocycles. The van der Waals surface area contributed by atoms with Gasteiger partial charge in [0.25, 0.3) is 0 Å². The van der Waals surface area contributed by atoms with Gasteiger partial charge < -0.3 is 10.1 Å². The molecule has 0 spiro atoms. The molecule has 2 aromatic carbocycles. The Balaban J connectivity index is 1.60. The maximum absolute atomic E-state index is 12.6. The average Bonchev–Trinajstić information content (AvgIpc) is 3.47. The fraction of sp³-hybridized carbons (Fsp3) is 0.381. The van der Waals surface area contributed by atoms with Gasteiger partial charge in [-0.15, -0.1) is 0 Å². The first-order valence-electron chi connectivity index (χ1n) is 8.87. The lowest BCUT2D eigenvalue weighted by atomic mass is 10.1. The molecule has 3 rings (SSSR count). The number of carbonyl (C=O) groups is 1. The van der Waals surface area contributed by atoms with E-state index in [0.29, 0.717) is 12.6 Å². The van der Waals surface area contributed by atoms with Crippen LogP contribution in [0.2, 0.25) is 0 Å². The second-order valence-electron chi connectivity index (χ2n) is 6.65. The first kappa shape index (κ1) is 17.5. The average molecular weight is 338 g/mol. The lowest BCUT2D eigenvalue weighted by Gasteiger charge is -2.23. The third-order valence-corrected chi connectivity index (χ3v) is 4.62. The molecule has 25 heavy (non-hydrogen) atoms. The van der Waals surface area contributed by atoms with E-state index >= 15 is 0 Å². The monoisotopic (exact) mass is 338 g/mol. The number of carbonyl (C=O) groups excluding carboxylic acids is 1. The predicted octanol–water partition coefficient (Wildman–Crippen LogP) is 3.54. The van der Waals surface area contributed by atoms with E-state index in [4.69, 9.17) is 4.74 Å². The van der Waals surface area contributed by atoms with Crippen LogP contribution in [-0.4, -0.2) is 30.5 Å². The zero-order valence-electron chi connectivity index (χ0n) is 14.9. The van der Waals surface area contributed by atoms with Gasteiger partial charge in [0, 0.05) is 18.2 Å². The van der Waals surface area contributed by atoms with Gasteiger partial charge in [-0.1, -0.05) is 48.5 Å². The van der Waals surface area contributed by atoms with Crippen molar-refractivity contribution in [2.75, 3.05) is 13.7 Å². The maximum Gasteiger partial charge on any atom is 0.234 e. The number of rotatable bonds is 8. The molecule has 1 amide bonds. The molecule has 132 valence electrons. The van der Waals surface area contributed by atoms with Gasteiger partial charge in [-0.3, -0.25) is 9.69 Å². The number of hydrogen-bond acceptors (Lipinski definition) is 3. The Morgan fingerprint density at radius 1 is 1.16 bits per heavy atom. The lowest BCUT2D eigenvalue weighted by molar-refractivity contribution is -0.123. The molecule has 1 saturated carbocycles. The molecule has 0 aromatic heterocycles. The van der Waals surface area contributed by atoms with Gasteiger partial charge in [0.15, 0.2) is 0 Å².